The molecule has 0 fully saturated rings. The van der Waals surface area contributed by atoms with Crippen molar-refractivity contribution in [2.75, 3.05) is 6.61 Å². The maximum absolute atomic E-state index is 13.6. The van der Waals surface area contributed by atoms with Gasteiger partial charge in [-0.05, 0) is 0 Å². The van der Waals surface area contributed by atoms with Crippen LogP contribution in [0.1, 0.15) is 10.4 Å². The fourth-order valence-electron chi connectivity index (χ4n) is 1.27. The topological polar surface area (TPSA) is 89.7 Å². The van der Waals surface area contributed by atoms with E-state index in [1.807, 2.05) is 0 Å². The number of rotatable bonds is 4. The van der Waals surface area contributed by atoms with E-state index in [1.54, 1.807) is 0 Å². The average molecular weight is 319 g/mol. The molecule has 0 saturated heterocycles. The van der Waals surface area contributed by atoms with E-state index >= 15 is 0 Å². The minimum absolute atomic E-state index is 1.72. The molecule has 1 aromatic rings. The lowest BCUT2D eigenvalue weighted by Crippen LogP contribution is -2.21. The molecule has 1 N–H and O–H groups in total. The lowest BCUT2D eigenvalue weighted by Gasteiger charge is -2.12. The van der Waals surface area contributed by atoms with Gasteiger partial charge in [-0.2, -0.15) is 22.0 Å². The molecule has 0 aliphatic heterocycles. The molecule has 1 aromatic carbocycles. The summed E-state index contributed by atoms with van der Waals surface area (Å²) >= 11 is 0. The molecule has 0 heterocycles. The lowest BCUT2D eigenvalue weighted by molar-refractivity contribution is -0.388. The van der Waals surface area contributed by atoms with Gasteiger partial charge < -0.3 is 9.84 Å². The van der Waals surface area contributed by atoms with E-state index in [-0.39, 0.29) is 0 Å². The third-order valence-corrected chi connectivity index (χ3v) is 2.03. The van der Waals surface area contributed by atoms with Crippen LogP contribution in [-0.4, -0.2) is 28.8 Å². The molecular formula is C9H3F6NO5. The van der Waals surface area contributed by atoms with Crippen molar-refractivity contribution < 1.29 is 45.9 Å². The van der Waals surface area contributed by atoms with Crippen LogP contribution in [-0.2, 0) is 0 Å². The fourth-order valence-corrected chi connectivity index (χ4v) is 1.27. The van der Waals surface area contributed by atoms with Crippen molar-refractivity contribution in [3.05, 3.63) is 33.1 Å². The third-order valence-electron chi connectivity index (χ3n) is 2.03. The van der Waals surface area contributed by atoms with Crippen molar-refractivity contribution in [2.45, 2.75) is 6.18 Å². The molecule has 0 spiro atoms. The molecule has 0 aliphatic carbocycles. The minimum Gasteiger partial charge on any atom is -0.478 e. The second-order valence-corrected chi connectivity index (χ2v) is 3.46. The van der Waals surface area contributed by atoms with E-state index in [4.69, 9.17) is 5.11 Å². The number of hydrogen-bond donors (Lipinski definition) is 1. The second-order valence-electron chi connectivity index (χ2n) is 3.46. The molecule has 0 amide bonds. The largest absolute Gasteiger partial charge is 0.478 e. The van der Waals surface area contributed by atoms with Gasteiger partial charge in [0.2, 0.25) is 11.6 Å². The third kappa shape index (κ3) is 3.32. The van der Waals surface area contributed by atoms with Gasteiger partial charge in [0.1, 0.15) is 0 Å². The summed E-state index contributed by atoms with van der Waals surface area (Å²) in [5.41, 5.74) is -4.01. The highest BCUT2D eigenvalue weighted by molar-refractivity contribution is 5.93. The Morgan fingerprint density at radius 3 is 2.10 bits per heavy atom. The molecule has 116 valence electrons. The number of carboxylic acid groups (broad SMARTS) is 1. The Bertz CT molecular complexity index is 614. The number of nitro benzene ring substituents is 1. The summed E-state index contributed by atoms with van der Waals surface area (Å²) in [5.74, 6) is -11.6. The summed E-state index contributed by atoms with van der Waals surface area (Å²) in [4.78, 5) is 19.4. The Morgan fingerprint density at radius 1 is 1.19 bits per heavy atom. The summed E-state index contributed by atoms with van der Waals surface area (Å²) in [7, 11) is 0. The number of hydrogen-bond acceptors (Lipinski definition) is 4. The second kappa shape index (κ2) is 5.46. The summed E-state index contributed by atoms with van der Waals surface area (Å²) in [6.07, 6.45) is -5.06. The Kier molecular flexibility index (Phi) is 4.29. The first-order valence-corrected chi connectivity index (χ1v) is 4.75. The number of halogens is 6. The summed E-state index contributed by atoms with van der Waals surface area (Å²) in [5, 5.41) is 19.0. The zero-order valence-corrected chi connectivity index (χ0v) is 9.50. The number of aromatic carboxylic acids is 1. The van der Waals surface area contributed by atoms with Gasteiger partial charge in [-0.25, -0.2) is 9.18 Å². The molecule has 21 heavy (non-hydrogen) atoms. The Morgan fingerprint density at radius 2 is 1.71 bits per heavy atom. The molecule has 0 radical (unpaired) electrons. The summed E-state index contributed by atoms with van der Waals surface area (Å²) in [6, 6.07) is 0. The first-order valence-electron chi connectivity index (χ1n) is 4.75. The number of alkyl halides is 3. The summed E-state index contributed by atoms with van der Waals surface area (Å²) < 4.78 is 79.5. The highest BCUT2D eigenvalue weighted by atomic mass is 19.4. The molecule has 1 rings (SSSR count). The van der Waals surface area contributed by atoms with E-state index in [1.165, 1.54) is 0 Å². The number of benzene rings is 1. The highest BCUT2D eigenvalue weighted by Gasteiger charge is 2.38. The molecule has 0 aromatic heterocycles. The van der Waals surface area contributed by atoms with Crippen molar-refractivity contribution >= 4 is 11.7 Å². The van der Waals surface area contributed by atoms with Crippen LogP contribution in [0.4, 0.5) is 32.0 Å². The van der Waals surface area contributed by atoms with E-state index in [0.717, 1.165) is 0 Å². The van der Waals surface area contributed by atoms with Crippen LogP contribution in [0, 0.1) is 27.6 Å². The van der Waals surface area contributed by atoms with Gasteiger partial charge in [0.25, 0.3) is 0 Å². The Labute approximate surface area is 110 Å². The fraction of sp³-hybridized carbons (Fsp3) is 0.222. The maximum Gasteiger partial charge on any atom is 0.422 e. The highest BCUT2D eigenvalue weighted by Crippen LogP contribution is 2.36. The first-order chi connectivity index (χ1) is 9.47. The van der Waals surface area contributed by atoms with Gasteiger partial charge in [0, 0.05) is 0 Å². The SMILES string of the molecule is O=C(O)c1c(F)c(OCC(F)(F)F)c(F)c(F)c1[N+](=O)[O-]. The molecule has 0 atom stereocenters. The number of nitro groups is 1. The molecule has 12 heteroatoms. The van der Waals surface area contributed by atoms with Crippen molar-refractivity contribution in [1.82, 2.24) is 0 Å². The van der Waals surface area contributed by atoms with Crippen LogP contribution in [0.15, 0.2) is 0 Å². The van der Waals surface area contributed by atoms with E-state index < -0.39 is 58.1 Å². The molecular weight excluding hydrogens is 316 g/mol. The Hall–Kier alpha value is -2.53. The van der Waals surface area contributed by atoms with E-state index in [2.05, 4.69) is 4.74 Å². The smallest absolute Gasteiger partial charge is 0.422 e. The summed E-state index contributed by atoms with van der Waals surface area (Å²) in [6.45, 7) is -2.25. The minimum atomic E-state index is -5.06. The number of ether oxygens (including phenoxy) is 1. The van der Waals surface area contributed by atoms with Crippen LogP contribution in [0.5, 0.6) is 5.75 Å². The Balaban J connectivity index is 3.54. The predicted octanol–water partition coefficient (Wildman–Crippen LogP) is 2.65. The van der Waals surface area contributed by atoms with Gasteiger partial charge in [0.15, 0.2) is 23.7 Å². The quantitative estimate of drug-likeness (QED) is 0.399. The first kappa shape index (κ1) is 16.5. The van der Waals surface area contributed by atoms with Crippen molar-refractivity contribution in [1.29, 1.82) is 0 Å². The van der Waals surface area contributed by atoms with Crippen LogP contribution >= 0.6 is 0 Å². The zero-order valence-electron chi connectivity index (χ0n) is 9.50. The van der Waals surface area contributed by atoms with Crippen LogP contribution in [0.25, 0.3) is 0 Å². The van der Waals surface area contributed by atoms with Gasteiger partial charge in [-0.15, -0.1) is 0 Å². The molecule has 6 nitrogen and oxygen atoms in total. The van der Waals surface area contributed by atoms with Gasteiger partial charge in [-0.1, -0.05) is 0 Å². The molecule has 0 bridgehead atoms. The van der Waals surface area contributed by atoms with Crippen molar-refractivity contribution in [3.63, 3.8) is 0 Å². The van der Waals surface area contributed by atoms with Gasteiger partial charge >= 0.3 is 17.8 Å². The van der Waals surface area contributed by atoms with E-state index in [9.17, 15) is 41.3 Å². The van der Waals surface area contributed by atoms with Crippen LogP contribution < -0.4 is 4.74 Å². The normalized spacial score (nSPS) is 11.3. The molecule has 0 unspecified atom stereocenters. The predicted molar refractivity (Wildman–Crippen MR) is 51.5 cm³/mol. The monoisotopic (exact) mass is 319 g/mol. The number of carboxylic acids is 1. The van der Waals surface area contributed by atoms with Crippen molar-refractivity contribution in [3.8, 4) is 5.75 Å². The number of nitrogens with zero attached hydrogens (tertiary/aromatic N) is 1. The van der Waals surface area contributed by atoms with Crippen molar-refractivity contribution in [2.24, 2.45) is 0 Å². The van der Waals surface area contributed by atoms with Gasteiger partial charge in [0.05, 0.1) is 4.92 Å². The maximum atomic E-state index is 13.6. The average Bonchev–Trinajstić information content (AvgIpc) is 2.30. The standard InChI is InChI=1S/C9H3F6NO5/c10-3-2(8(17)18)6(16(19)20)4(11)5(12)7(3)21-1-9(13,14)15/h1H2,(H,17,18). The molecule has 0 saturated carbocycles. The van der Waals surface area contributed by atoms with Gasteiger partial charge in [-0.3, -0.25) is 10.1 Å². The van der Waals surface area contributed by atoms with E-state index in [0.29, 0.717) is 0 Å². The lowest BCUT2D eigenvalue weighted by atomic mass is 10.1. The van der Waals surface area contributed by atoms with Crippen LogP contribution in [0.3, 0.4) is 0 Å². The molecule has 0 aliphatic rings. The number of carbonyl (C=O) groups is 1. The zero-order chi connectivity index (χ0) is 16.5. The van der Waals surface area contributed by atoms with Crippen LogP contribution in [0.2, 0.25) is 0 Å².